The molecule has 1 atom stereocenters. The smallest absolute Gasteiger partial charge is 0.235 e. The van der Waals surface area contributed by atoms with Crippen LogP contribution in [0.15, 0.2) is 17.6 Å². The molecule has 0 radical (unpaired) electrons. The van der Waals surface area contributed by atoms with Gasteiger partial charge in [-0.3, -0.25) is 4.79 Å². The third kappa shape index (κ3) is 4.35. The highest BCUT2D eigenvalue weighted by molar-refractivity contribution is 7.99. The number of rotatable bonds is 6. The number of hydrogen-bond acceptors (Lipinski definition) is 4. The van der Waals surface area contributed by atoms with Crippen molar-refractivity contribution >= 4 is 17.7 Å². The second-order valence-electron chi connectivity index (χ2n) is 3.48. The molecule has 1 heterocycles. The second kappa shape index (κ2) is 5.77. The molecule has 0 aromatic carbocycles. The topological polar surface area (TPSA) is 83.8 Å². The summed E-state index contributed by atoms with van der Waals surface area (Å²) in [4.78, 5) is 18.1. The molecule has 0 saturated heterocycles. The molecule has 1 amide bonds. The number of nitrogens with zero attached hydrogens (tertiary/aromatic N) is 1. The molecule has 1 rings (SSSR count). The molecular formula is C9H16N4OS. The van der Waals surface area contributed by atoms with Crippen LogP contribution >= 0.6 is 11.8 Å². The van der Waals surface area contributed by atoms with Gasteiger partial charge in [0.2, 0.25) is 5.91 Å². The average molecular weight is 228 g/mol. The zero-order chi connectivity index (χ0) is 11.3. The summed E-state index contributed by atoms with van der Waals surface area (Å²) in [5.41, 5.74) is 5.28. The highest BCUT2D eigenvalue weighted by Crippen LogP contribution is 2.12. The van der Waals surface area contributed by atoms with Crippen molar-refractivity contribution in [1.29, 1.82) is 0 Å². The van der Waals surface area contributed by atoms with Gasteiger partial charge in [-0.05, 0) is 0 Å². The molecule has 15 heavy (non-hydrogen) atoms. The molecule has 0 aliphatic rings. The molecule has 84 valence electrons. The van der Waals surface area contributed by atoms with Gasteiger partial charge in [0.15, 0.2) is 5.16 Å². The van der Waals surface area contributed by atoms with Gasteiger partial charge < -0.3 is 16.0 Å². The molecule has 0 fully saturated rings. The Labute approximate surface area is 93.2 Å². The molecule has 0 bridgehead atoms. The number of carbonyl (C=O) groups excluding carboxylic acids is 1. The number of amides is 1. The van der Waals surface area contributed by atoms with Crippen LogP contribution in [-0.4, -0.2) is 33.7 Å². The van der Waals surface area contributed by atoms with Crippen LogP contribution in [0.5, 0.6) is 0 Å². The third-order valence-electron chi connectivity index (χ3n) is 1.74. The Kier molecular flexibility index (Phi) is 4.64. The lowest BCUT2D eigenvalue weighted by Gasteiger charge is -2.16. The predicted molar refractivity (Wildman–Crippen MR) is 60.6 cm³/mol. The van der Waals surface area contributed by atoms with Crippen molar-refractivity contribution in [2.45, 2.75) is 31.1 Å². The van der Waals surface area contributed by atoms with Crippen molar-refractivity contribution in [3.63, 3.8) is 0 Å². The zero-order valence-corrected chi connectivity index (χ0v) is 9.67. The van der Waals surface area contributed by atoms with Crippen LogP contribution in [0.4, 0.5) is 0 Å². The molecule has 0 spiro atoms. The third-order valence-corrected chi connectivity index (χ3v) is 2.73. The van der Waals surface area contributed by atoms with Gasteiger partial charge in [-0.2, -0.15) is 0 Å². The second-order valence-corrected chi connectivity index (χ2v) is 4.49. The number of imidazole rings is 1. The number of carbonyl (C=O) groups is 1. The number of thioether (sulfide) groups is 1. The number of aromatic nitrogens is 2. The average Bonchev–Trinajstić information content (AvgIpc) is 2.63. The van der Waals surface area contributed by atoms with Crippen molar-refractivity contribution in [1.82, 2.24) is 15.3 Å². The van der Waals surface area contributed by atoms with Gasteiger partial charge in [-0.25, -0.2) is 4.98 Å². The molecule has 0 aliphatic heterocycles. The van der Waals surface area contributed by atoms with E-state index in [0.29, 0.717) is 5.75 Å². The summed E-state index contributed by atoms with van der Waals surface area (Å²) >= 11 is 1.48. The van der Waals surface area contributed by atoms with Crippen LogP contribution in [0.25, 0.3) is 0 Å². The quantitative estimate of drug-likeness (QED) is 0.614. The summed E-state index contributed by atoms with van der Waals surface area (Å²) < 4.78 is 0. The molecule has 5 nitrogen and oxygen atoms in total. The summed E-state index contributed by atoms with van der Waals surface area (Å²) in [7, 11) is 0. The minimum atomic E-state index is -0.331. The van der Waals surface area contributed by atoms with Gasteiger partial charge in [0.05, 0.1) is 6.04 Å². The van der Waals surface area contributed by atoms with Crippen LogP contribution in [-0.2, 0) is 4.79 Å². The van der Waals surface area contributed by atoms with Crippen molar-refractivity contribution < 1.29 is 4.79 Å². The number of nitrogens with one attached hydrogen (secondary N) is 2. The van der Waals surface area contributed by atoms with Crippen LogP contribution in [0.1, 0.15) is 13.8 Å². The van der Waals surface area contributed by atoms with Crippen LogP contribution in [0.2, 0.25) is 0 Å². The maximum Gasteiger partial charge on any atom is 0.235 e. The fraction of sp³-hybridized carbons (Fsp3) is 0.556. The molecule has 1 aromatic heterocycles. The first kappa shape index (κ1) is 12.1. The van der Waals surface area contributed by atoms with Gasteiger partial charge in [0, 0.05) is 24.2 Å². The summed E-state index contributed by atoms with van der Waals surface area (Å²) in [6.07, 6.45) is 3.43. The largest absolute Gasteiger partial charge is 0.368 e. The monoisotopic (exact) mass is 228 g/mol. The van der Waals surface area contributed by atoms with E-state index >= 15 is 0 Å². The molecular weight excluding hydrogens is 212 g/mol. The Morgan fingerprint density at radius 2 is 2.47 bits per heavy atom. The fourth-order valence-electron chi connectivity index (χ4n) is 1.11. The van der Waals surface area contributed by atoms with Gasteiger partial charge in [-0.1, -0.05) is 25.6 Å². The maximum absolute atomic E-state index is 11.1. The van der Waals surface area contributed by atoms with Crippen molar-refractivity contribution in [2.24, 2.45) is 5.73 Å². The maximum atomic E-state index is 11.1. The lowest BCUT2D eigenvalue weighted by molar-refractivity contribution is -0.119. The van der Waals surface area contributed by atoms with E-state index in [1.165, 1.54) is 11.8 Å². The fourth-order valence-corrected chi connectivity index (χ4v) is 1.98. The van der Waals surface area contributed by atoms with Gasteiger partial charge in [-0.15, -0.1) is 0 Å². The number of aromatic amines is 1. The lowest BCUT2D eigenvalue weighted by atomic mass is 10.3. The first-order chi connectivity index (χ1) is 7.09. The van der Waals surface area contributed by atoms with Crippen molar-refractivity contribution in [2.75, 3.05) is 5.75 Å². The van der Waals surface area contributed by atoms with Gasteiger partial charge in [0.1, 0.15) is 0 Å². The minimum absolute atomic E-state index is 0.236. The van der Waals surface area contributed by atoms with Gasteiger partial charge >= 0.3 is 0 Å². The molecule has 1 unspecified atom stereocenters. The highest BCUT2D eigenvalue weighted by Gasteiger charge is 2.16. The lowest BCUT2D eigenvalue weighted by Crippen LogP contribution is -2.46. The van der Waals surface area contributed by atoms with E-state index in [2.05, 4.69) is 15.3 Å². The molecule has 0 aliphatic carbocycles. The number of nitrogens with two attached hydrogens (primary N) is 1. The molecule has 6 heteroatoms. The zero-order valence-electron chi connectivity index (χ0n) is 8.86. The number of hydrogen-bond donors (Lipinski definition) is 3. The first-order valence-electron chi connectivity index (χ1n) is 4.77. The normalized spacial score (nSPS) is 13.0. The molecule has 1 aromatic rings. The number of primary amides is 1. The Morgan fingerprint density at radius 3 is 2.93 bits per heavy atom. The summed E-state index contributed by atoms with van der Waals surface area (Å²) in [5.74, 6) is 0.254. The SMILES string of the molecule is CC(C)NC(CSc1ncc[nH]1)C(N)=O. The van der Waals surface area contributed by atoms with Crippen LogP contribution < -0.4 is 11.1 Å². The van der Waals surface area contributed by atoms with E-state index in [0.717, 1.165) is 5.16 Å². The highest BCUT2D eigenvalue weighted by atomic mass is 32.2. The van der Waals surface area contributed by atoms with E-state index in [-0.39, 0.29) is 18.0 Å². The van der Waals surface area contributed by atoms with E-state index in [9.17, 15) is 4.79 Å². The summed E-state index contributed by atoms with van der Waals surface area (Å²) in [6.45, 7) is 3.96. The Hall–Kier alpha value is -1.01. The van der Waals surface area contributed by atoms with E-state index in [1.54, 1.807) is 12.4 Å². The van der Waals surface area contributed by atoms with Gasteiger partial charge in [0.25, 0.3) is 0 Å². The molecule has 4 N–H and O–H groups in total. The van der Waals surface area contributed by atoms with E-state index in [4.69, 9.17) is 5.73 Å². The van der Waals surface area contributed by atoms with E-state index < -0.39 is 0 Å². The minimum Gasteiger partial charge on any atom is -0.368 e. The summed E-state index contributed by atoms with van der Waals surface area (Å²) in [6, 6.07) is -0.0835. The summed E-state index contributed by atoms with van der Waals surface area (Å²) in [5, 5.41) is 3.90. The van der Waals surface area contributed by atoms with E-state index in [1.807, 2.05) is 13.8 Å². The standard InChI is InChI=1S/C9H16N4OS/c1-6(2)13-7(8(10)14)5-15-9-11-3-4-12-9/h3-4,6-7,13H,5H2,1-2H3,(H2,10,14)(H,11,12). The molecule has 0 saturated carbocycles. The van der Waals surface area contributed by atoms with Crippen molar-refractivity contribution in [3.05, 3.63) is 12.4 Å². The first-order valence-corrected chi connectivity index (χ1v) is 5.75. The van der Waals surface area contributed by atoms with Crippen LogP contribution in [0, 0.1) is 0 Å². The van der Waals surface area contributed by atoms with Crippen molar-refractivity contribution in [3.8, 4) is 0 Å². The predicted octanol–water partition coefficient (Wildman–Crippen LogP) is 0.354. The Morgan fingerprint density at radius 1 is 1.73 bits per heavy atom. The Bertz CT molecular complexity index is 299. The number of H-pyrrole nitrogens is 1. The Balaban J connectivity index is 2.41. The van der Waals surface area contributed by atoms with Crippen LogP contribution in [0.3, 0.4) is 0 Å².